The van der Waals surface area contributed by atoms with E-state index in [2.05, 4.69) is 26.7 Å². The number of nitrogens with zero attached hydrogens (tertiary/aromatic N) is 3. The summed E-state index contributed by atoms with van der Waals surface area (Å²) >= 11 is 0. The average Bonchev–Trinajstić information content (AvgIpc) is 3.30. The Balaban J connectivity index is 1.32. The lowest BCUT2D eigenvalue weighted by atomic mass is 9.85. The van der Waals surface area contributed by atoms with Gasteiger partial charge in [0, 0.05) is 37.6 Å². The van der Waals surface area contributed by atoms with Crippen LogP contribution in [0.3, 0.4) is 0 Å². The minimum Gasteiger partial charge on any atom is -0.388 e. The minimum absolute atomic E-state index is 0.532. The molecule has 5 nitrogen and oxygen atoms in total. The van der Waals surface area contributed by atoms with Crippen LogP contribution in [0.25, 0.3) is 11.0 Å². The second-order valence-electron chi connectivity index (χ2n) is 8.30. The van der Waals surface area contributed by atoms with Crippen molar-refractivity contribution in [1.82, 2.24) is 14.5 Å². The second-order valence-corrected chi connectivity index (χ2v) is 8.30. The molecule has 2 aromatic rings. The molecule has 0 aromatic carbocycles. The lowest BCUT2D eigenvalue weighted by molar-refractivity contribution is -0.0654. The zero-order valence-corrected chi connectivity index (χ0v) is 14.7. The van der Waals surface area contributed by atoms with Crippen LogP contribution in [0.1, 0.15) is 32.1 Å². The molecule has 0 saturated carbocycles. The third-order valence-corrected chi connectivity index (χ3v) is 6.50. The Bertz CT molecular complexity index is 738. The van der Waals surface area contributed by atoms with Gasteiger partial charge < -0.3 is 14.4 Å². The van der Waals surface area contributed by atoms with Crippen LogP contribution in [0.2, 0.25) is 0 Å². The van der Waals surface area contributed by atoms with Gasteiger partial charge in [0.1, 0.15) is 0 Å². The lowest BCUT2D eigenvalue weighted by Crippen LogP contribution is -2.53. The molecule has 1 unspecified atom stereocenters. The third-order valence-electron chi connectivity index (χ3n) is 6.50. The molecular weight excluding hydrogens is 314 g/mol. The van der Waals surface area contributed by atoms with Crippen LogP contribution in [-0.4, -0.2) is 57.0 Å². The molecule has 2 bridgehead atoms. The van der Waals surface area contributed by atoms with Gasteiger partial charge in [0.2, 0.25) is 0 Å². The van der Waals surface area contributed by atoms with E-state index in [0.717, 1.165) is 43.6 Å². The molecule has 2 aromatic heterocycles. The first-order valence-electron chi connectivity index (χ1n) is 9.66. The van der Waals surface area contributed by atoms with Crippen molar-refractivity contribution in [2.24, 2.45) is 5.92 Å². The SMILES string of the molecule is OC1(Cn2ccc3ncccc32)C[C@H]2CC[C@@H](C1)N2C[C@@H]1CCOC1. The number of aromatic nitrogens is 2. The molecule has 134 valence electrons. The van der Waals surface area contributed by atoms with E-state index in [-0.39, 0.29) is 0 Å². The molecule has 0 spiro atoms. The monoisotopic (exact) mass is 341 g/mol. The molecule has 0 aliphatic carbocycles. The van der Waals surface area contributed by atoms with Gasteiger partial charge in [0.25, 0.3) is 0 Å². The van der Waals surface area contributed by atoms with Crippen LogP contribution in [0.4, 0.5) is 0 Å². The molecule has 3 aliphatic heterocycles. The van der Waals surface area contributed by atoms with Crippen LogP contribution < -0.4 is 0 Å². The lowest BCUT2D eigenvalue weighted by Gasteiger charge is -2.44. The van der Waals surface area contributed by atoms with Crippen LogP contribution in [-0.2, 0) is 11.3 Å². The highest BCUT2D eigenvalue weighted by Crippen LogP contribution is 2.42. The fourth-order valence-electron chi connectivity index (χ4n) is 5.34. The Kier molecular flexibility index (Phi) is 3.84. The summed E-state index contributed by atoms with van der Waals surface area (Å²) in [5.74, 6) is 0.689. The Hall–Kier alpha value is -1.43. The standard InChI is InChI=1S/C20H27N3O2/c24-20(14-22-8-5-18-19(22)2-1-7-21-18)10-16-3-4-17(11-20)23(16)12-15-6-9-25-13-15/h1-2,5,7-8,15-17,24H,3-4,6,9-14H2/t15-,16-,17+,20?/m0/s1. The molecule has 0 radical (unpaired) electrons. The molecule has 3 saturated heterocycles. The van der Waals surface area contributed by atoms with E-state index in [1.165, 1.54) is 19.3 Å². The number of hydrogen-bond donors (Lipinski definition) is 1. The summed E-state index contributed by atoms with van der Waals surface area (Å²) in [5, 5.41) is 11.4. The highest BCUT2D eigenvalue weighted by atomic mass is 16.5. The molecule has 5 heterocycles. The first-order valence-corrected chi connectivity index (χ1v) is 9.66. The maximum Gasteiger partial charge on any atom is 0.0880 e. The van der Waals surface area contributed by atoms with Crippen molar-refractivity contribution in [3.05, 3.63) is 30.6 Å². The van der Waals surface area contributed by atoms with Crippen LogP contribution in [0.5, 0.6) is 0 Å². The second kappa shape index (κ2) is 6.08. The zero-order valence-electron chi connectivity index (χ0n) is 14.7. The Morgan fingerprint density at radius 2 is 2.04 bits per heavy atom. The number of hydrogen-bond acceptors (Lipinski definition) is 4. The smallest absolute Gasteiger partial charge is 0.0880 e. The maximum absolute atomic E-state index is 11.4. The molecule has 5 heteroatoms. The Morgan fingerprint density at radius 3 is 2.80 bits per heavy atom. The van der Waals surface area contributed by atoms with Gasteiger partial charge in [-0.05, 0) is 56.2 Å². The van der Waals surface area contributed by atoms with Crippen molar-refractivity contribution in [3.8, 4) is 0 Å². The van der Waals surface area contributed by atoms with Gasteiger partial charge in [-0.15, -0.1) is 0 Å². The quantitative estimate of drug-likeness (QED) is 0.928. The third kappa shape index (κ3) is 2.88. The zero-order chi connectivity index (χ0) is 16.9. The largest absolute Gasteiger partial charge is 0.388 e. The van der Waals surface area contributed by atoms with E-state index in [1.54, 1.807) is 0 Å². The summed E-state index contributed by atoms with van der Waals surface area (Å²) in [5.41, 5.74) is 1.53. The van der Waals surface area contributed by atoms with E-state index >= 15 is 0 Å². The minimum atomic E-state index is -0.601. The van der Waals surface area contributed by atoms with Crippen molar-refractivity contribution < 1.29 is 9.84 Å². The normalized spacial score (nSPS) is 35.6. The van der Waals surface area contributed by atoms with E-state index in [4.69, 9.17) is 4.74 Å². The molecule has 4 atom stereocenters. The molecule has 1 N–H and O–H groups in total. The van der Waals surface area contributed by atoms with Crippen LogP contribution in [0.15, 0.2) is 30.6 Å². The van der Waals surface area contributed by atoms with E-state index in [0.29, 0.717) is 24.5 Å². The molecule has 25 heavy (non-hydrogen) atoms. The summed E-state index contributed by atoms with van der Waals surface area (Å²) in [4.78, 5) is 7.09. The fourth-order valence-corrected chi connectivity index (χ4v) is 5.34. The number of ether oxygens (including phenoxy) is 1. The molecule has 5 rings (SSSR count). The van der Waals surface area contributed by atoms with Gasteiger partial charge in [-0.2, -0.15) is 0 Å². The van der Waals surface area contributed by atoms with E-state index in [9.17, 15) is 5.11 Å². The first-order chi connectivity index (χ1) is 12.2. The average molecular weight is 341 g/mol. The summed E-state index contributed by atoms with van der Waals surface area (Å²) < 4.78 is 7.74. The predicted molar refractivity (Wildman–Crippen MR) is 96.4 cm³/mol. The number of pyridine rings is 1. The predicted octanol–water partition coefficient (Wildman–Crippen LogP) is 2.43. The van der Waals surface area contributed by atoms with Crippen LogP contribution in [0, 0.1) is 5.92 Å². The van der Waals surface area contributed by atoms with Crippen molar-refractivity contribution in [1.29, 1.82) is 0 Å². The summed E-state index contributed by atoms with van der Waals surface area (Å²) in [6.07, 6.45) is 9.33. The fraction of sp³-hybridized carbons (Fsp3) is 0.650. The number of rotatable bonds is 4. The molecule has 3 fully saturated rings. The van der Waals surface area contributed by atoms with Gasteiger partial charge in [-0.3, -0.25) is 9.88 Å². The maximum atomic E-state index is 11.4. The van der Waals surface area contributed by atoms with Crippen LogP contribution >= 0.6 is 0 Å². The summed E-state index contributed by atoms with van der Waals surface area (Å²) in [6, 6.07) is 7.17. The Labute approximate surface area is 148 Å². The molecular formula is C20H27N3O2. The molecule has 3 aliphatic rings. The first kappa shape index (κ1) is 15.8. The van der Waals surface area contributed by atoms with Gasteiger partial charge in [-0.25, -0.2) is 0 Å². The molecule has 0 amide bonds. The number of fused-ring (bicyclic) bond motifs is 3. The van der Waals surface area contributed by atoms with Gasteiger partial charge >= 0.3 is 0 Å². The van der Waals surface area contributed by atoms with E-state index in [1.807, 2.05) is 18.3 Å². The van der Waals surface area contributed by atoms with Gasteiger partial charge in [-0.1, -0.05) is 0 Å². The Morgan fingerprint density at radius 1 is 1.20 bits per heavy atom. The van der Waals surface area contributed by atoms with Gasteiger partial charge in [0.05, 0.1) is 29.8 Å². The highest BCUT2D eigenvalue weighted by molar-refractivity contribution is 5.75. The summed E-state index contributed by atoms with van der Waals surface area (Å²) in [6.45, 7) is 3.67. The van der Waals surface area contributed by atoms with Crippen molar-refractivity contribution in [2.75, 3.05) is 19.8 Å². The van der Waals surface area contributed by atoms with E-state index < -0.39 is 5.60 Å². The highest BCUT2D eigenvalue weighted by Gasteiger charge is 2.48. The number of piperidine rings is 1. The van der Waals surface area contributed by atoms with Gasteiger partial charge in [0.15, 0.2) is 0 Å². The van der Waals surface area contributed by atoms with Crippen molar-refractivity contribution in [3.63, 3.8) is 0 Å². The topological polar surface area (TPSA) is 50.5 Å². The summed E-state index contributed by atoms with van der Waals surface area (Å²) in [7, 11) is 0. The van der Waals surface area contributed by atoms with Crippen molar-refractivity contribution in [2.45, 2.75) is 56.3 Å². The van der Waals surface area contributed by atoms with Crippen molar-refractivity contribution >= 4 is 11.0 Å². The number of aliphatic hydroxyl groups is 1.